The van der Waals surface area contributed by atoms with Crippen molar-refractivity contribution in [2.24, 2.45) is 0 Å². The van der Waals surface area contributed by atoms with E-state index in [0.29, 0.717) is 22.8 Å². The first-order valence-corrected chi connectivity index (χ1v) is 7.69. The zero-order valence-corrected chi connectivity index (χ0v) is 10.9. The Hall–Kier alpha value is -0.940. The normalized spacial score (nSPS) is 23.2. The number of halogens is 1. The Morgan fingerprint density at radius 3 is 2.88 bits per heavy atom. The lowest BCUT2D eigenvalue weighted by Gasteiger charge is -2.24. The molecule has 0 bridgehead atoms. The van der Waals surface area contributed by atoms with Gasteiger partial charge in [-0.05, 0) is 25.0 Å². The standard InChI is InChI=1S/C11H15ClN2O2S/c12-9-4-1-5-10(11(9)13)14-8-3-2-6-17(15,16)7-8/h1,4-5,8,14H,2-3,6-7,13H2. The molecule has 1 aliphatic rings. The first-order chi connectivity index (χ1) is 7.98. The molecule has 17 heavy (non-hydrogen) atoms. The summed E-state index contributed by atoms with van der Waals surface area (Å²) >= 11 is 5.90. The zero-order valence-electron chi connectivity index (χ0n) is 9.32. The van der Waals surface area contributed by atoms with Gasteiger partial charge in [0.15, 0.2) is 9.84 Å². The molecule has 0 radical (unpaired) electrons. The Morgan fingerprint density at radius 1 is 1.41 bits per heavy atom. The number of sulfone groups is 1. The number of anilines is 2. The van der Waals surface area contributed by atoms with Crippen molar-refractivity contribution in [2.45, 2.75) is 18.9 Å². The molecule has 0 aromatic heterocycles. The predicted molar refractivity (Wildman–Crippen MR) is 71.2 cm³/mol. The Bertz CT molecular complexity index is 516. The molecule has 6 heteroatoms. The van der Waals surface area contributed by atoms with Crippen LogP contribution in [0.25, 0.3) is 0 Å². The lowest BCUT2D eigenvalue weighted by Crippen LogP contribution is -2.35. The van der Waals surface area contributed by atoms with Gasteiger partial charge in [-0.25, -0.2) is 8.42 Å². The minimum absolute atomic E-state index is 0.0745. The molecule has 1 unspecified atom stereocenters. The minimum atomic E-state index is -2.91. The number of rotatable bonds is 2. The largest absolute Gasteiger partial charge is 0.396 e. The van der Waals surface area contributed by atoms with Gasteiger partial charge >= 0.3 is 0 Å². The van der Waals surface area contributed by atoms with E-state index in [0.717, 1.165) is 6.42 Å². The van der Waals surface area contributed by atoms with Gasteiger partial charge in [0, 0.05) is 6.04 Å². The third-order valence-corrected chi connectivity index (χ3v) is 5.03. The number of nitrogens with two attached hydrogens (primary N) is 1. The second-order valence-corrected chi connectivity index (χ2v) is 6.93. The Balaban J connectivity index is 2.13. The van der Waals surface area contributed by atoms with Gasteiger partial charge < -0.3 is 11.1 Å². The summed E-state index contributed by atoms with van der Waals surface area (Å²) in [5, 5.41) is 3.64. The molecule has 1 fully saturated rings. The van der Waals surface area contributed by atoms with Gasteiger partial charge in [0.1, 0.15) is 0 Å². The number of hydrogen-bond donors (Lipinski definition) is 2. The van der Waals surface area contributed by atoms with E-state index in [1.165, 1.54) is 0 Å². The van der Waals surface area contributed by atoms with Gasteiger partial charge in [0.2, 0.25) is 0 Å². The third kappa shape index (κ3) is 3.04. The quantitative estimate of drug-likeness (QED) is 0.808. The van der Waals surface area contributed by atoms with Crippen LogP contribution < -0.4 is 11.1 Å². The number of para-hydroxylation sites is 1. The van der Waals surface area contributed by atoms with Crippen LogP contribution in [0.5, 0.6) is 0 Å². The van der Waals surface area contributed by atoms with E-state index >= 15 is 0 Å². The van der Waals surface area contributed by atoms with Gasteiger partial charge in [-0.2, -0.15) is 0 Å². The SMILES string of the molecule is Nc1c(Cl)cccc1NC1CCCS(=O)(=O)C1. The highest BCUT2D eigenvalue weighted by molar-refractivity contribution is 7.91. The van der Waals surface area contributed by atoms with E-state index in [-0.39, 0.29) is 17.5 Å². The monoisotopic (exact) mass is 274 g/mol. The average Bonchev–Trinajstić information content (AvgIpc) is 2.23. The summed E-state index contributed by atoms with van der Waals surface area (Å²) < 4.78 is 23.0. The maximum Gasteiger partial charge on any atom is 0.152 e. The average molecular weight is 275 g/mol. The van der Waals surface area contributed by atoms with Crippen molar-refractivity contribution in [1.29, 1.82) is 0 Å². The summed E-state index contributed by atoms with van der Waals surface area (Å²) in [5.41, 5.74) is 7.00. The first-order valence-electron chi connectivity index (χ1n) is 5.49. The van der Waals surface area contributed by atoms with E-state index in [4.69, 9.17) is 17.3 Å². The van der Waals surface area contributed by atoms with Crippen LogP contribution in [-0.2, 0) is 9.84 Å². The maximum atomic E-state index is 11.5. The van der Waals surface area contributed by atoms with Crippen LogP contribution >= 0.6 is 11.6 Å². The van der Waals surface area contributed by atoms with E-state index in [1.54, 1.807) is 12.1 Å². The molecule has 1 atom stereocenters. The summed E-state index contributed by atoms with van der Waals surface area (Å²) in [4.78, 5) is 0. The van der Waals surface area contributed by atoms with Crippen LogP contribution in [0.4, 0.5) is 11.4 Å². The molecular formula is C11H15ClN2O2S. The topological polar surface area (TPSA) is 72.2 Å². The summed E-state index contributed by atoms with van der Waals surface area (Å²) in [6.07, 6.45) is 1.53. The lowest BCUT2D eigenvalue weighted by molar-refractivity contribution is 0.562. The number of hydrogen-bond acceptors (Lipinski definition) is 4. The molecule has 1 aromatic carbocycles. The van der Waals surface area contributed by atoms with Crippen molar-refractivity contribution in [1.82, 2.24) is 0 Å². The second kappa shape index (κ2) is 4.74. The van der Waals surface area contributed by atoms with E-state index in [9.17, 15) is 8.42 Å². The van der Waals surface area contributed by atoms with Crippen molar-refractivity contribution in [3.05, 3.63) is 23.2 Å². The van der Waals surface area contributed by atoms with Crippen LogP contribution in [0.15, 0.2) is 18.2 Å². The third-order valence-electron chi connectivity index (χ3n) is 2.88. The van der Waals surface area contributed by atoms with Crippen LogP contribution in [-0.4, -0.2) is 26.0 Å². The zero-order chi connectivity index (χ0) is 12.5. The Morgan fingerprint density at radius 2 is 2.18 bits per heavy atom. The molecule has 3 N–H and O–H groups in total. The van der Waals surface area contributed by atoms with Crippen LogP contribution in [0.1, 0.15) is 12.8 Å². The number of benzene rings is 1. The van der Waals surface area contributed by atoms with Crippen molar-refractivity contribution >= 4 is 32.8 Å². The maximum absolute atomic E-state index is 11.5. The highest BCUT2D eigenvalue weighted by Gasteiger charge is 2.24. The molecule has 94 valence electrons. The van der Waals surface area contributed by atoms with Crippen molar-refractivity contribution in [3.8, 4) is 0 Å². The number of nitrogens with one attached hydrogen (secondary N) is 1. The lowest BCUT2D eigenvalue weighted by atomic mass is 10.1. The molecule has 0 saturated carbocycles. The van der Waals surface area contributed by atoms with Crippen LogP contribution in [0, 0.1) is 0 Å². The summed E-state index contributed by atoms with van der Waals surface area (Å²) in [6, 6.07) is 5.23. The van der Waals surface area contributed by atoms with Gasteiger partial charge in [0.05, 0.1) is 27.9 Å². The second-order valence-electron chi connectivity index (χ2n) is 4.30. The Labute approximate surface area is 106 Å². The molecule has 0 spiro atoms. The van der Waals surface area contributed by atoms with Gasteiger partial charge in [-0.1, -0.05) is 17.7 Å². The van der Waals surface area contributed by atoms with Crippen molar-refractivity contribution in [2.75, 3.05) is 22.6 Å². The van der Waals surface area contributed by atoms with Crippen LogP contribution in [0.3, 0.4) is 0 Å². The molecule has 1 aliphatic heterocycles. The highest BCUT2D eigenvalue weighted by atomic mass is 35.5. The molecular weight excluding hydrogens is 260 g/mol. The molecule has 4 nitrogen and oxygen atoms in total. The molecule has 1 saturated heterocycles. The van der Waals surface area contributed by atoms with E-state index < -0.39 is 9.84 Å². The summed E-state index contributed by atoms with van der Waals surface area (Å²) in [7, 11) is -2.91. The van der Waals surface area contributed by atoms with Gasteiger partial charge in [-0.3, -0.25) is 0 Å². The smallest absolute Gasteiger partial charge is 0.152 e. The summed E-state index contributed by atoms with van der Waals surface area (Å²) in [6.45, 7) is 0. The minimum Gasteiger partial charge on any atom is -0.396 e. The molecule has 0 aliphatic carbocycles. The van der Waals surface area contributed by atoms with Gasteiger partial charge in [0.25, 0.3) is 0 Å². The molecule has 2 rings (SSSR count). The van der Waals surface area contributed by atoms with Gasteiger partial charge in [-0.15, -0.1) is 0 Å². The fraction of sp³-hybridized carbons (Fsp3) is 0.455. The number of nitrogen functional groups attached to an aromatic ring is 1. The molecule has 1 heterocycles. The predicted octanol–water partition coefficient (Wildman–Crippen LogP) is 1.91. The fourth-order valence-corrected chi connectivity index (χ4v) is 3.83. The highest BCUT2D eigenvalue weighted by Crippen LogP contribution is 2.28. The first kappa shape index (κ1) is 12.5. The van der Waals surface area contributed by atoms with E-state index in [2.05, 4.69) is 5.32 Å². The Kier molecular flexibility index (Phi) is 3.49. The van der Waals surface area contributed by atoms with E-state index in [1.807, 2.05) is 6.07 Å². The van der Waals surface area contributed by atoms with Crippen molar-refractivity contribution < 1.29 is 8.42 Å². The van der Waals surface area contributed by atoms with Crippen LogP contribution in [0.2, 0.25) is 5.02 Å². The molecule has 0 amide bonds. The molecule has 1 aromatic rings. The summed E-state index contributed by atoms with van der Waals surface area (Å²) in [5.74, 6) is 0.454. The van der Waals surface area contributed by atoms with Crippen molar-refractivity contribution in [3.63, 3.8) is 0 Å². The fourth-order valence-electron chi connectivity index (χ4n) is 2.02.